The van der Waals surface area contributed by atoms with Crippen LogP contribution in [0.4, 0.5) is 11.4 Å². The number of hydrogen-bond acceptors (Lipinski definition) is 6. The number of para-hydroxylation sites is 1. The predicted molar refractivity (Wildman–Crippen MR) is 129 cm³/mol. The van der Waals surface area contributed by atoms with Gasteiger partial charge in [0, 0.05) is 6.07 Å². The van der Waals surface area contributed by atoms with E-state index in [9.17, 15) is 18.0 Å². The Morgan fingerprint density at radius 2 is 1.65 bits per heavy atom. The minimum absolute atomic E-state index is 0.00121. The van der Waals surface area contributed by atoms with Crippen LogP contribution < -0.4 is 24.8 Å². The summed E-state index contributed by atoms with van der Waals surface area (Å²) in [7, 11) is -1.32. The van der Waals surface area contributed by atoms with Crippen molar-refractivity contribution in [3.05, 3.63) is 77.9 Å². The van der Waals surface area contributed by atoms with Crippen molar-refractivity contribution in [2.24, 2.45) is 5.73 Å². The van der Waals surface area contributed by atoms with Gasteiger partial charge in [0.1, 0.15) is 18.0 Å². The van der Waals surface area contributed by atoms with Crippen molar-refractivity contribution in [1.82, 2.24) is 0 Å². The Kier molecular flexibility index (Phi) is 7.42. The Balaban J connectivity index is 2.05. The number of methoxy groups -OCH3 is 2. The van der Waals surface area contributed by atoms with E-state index in [1.807, 2.05) is 6.92 Å². The average Bonchev–Trinajstić information content (AvgIpc) is 2.82. The second-order valence-corrected chi connectivity index (χ2v) is 9.18. The number of anilines is 2. The molecule has 0 heterocycles. The Labute approximate surface area is 198 Å². The Hall–Kier alpha value is -4.05. The summed E-state index contributed by atoms with van der Waals surface area (Å²) >= 11 is 0. The first-order valence-corrected chi connectivity index (χ1v) is 11.6. The number of hydrogen-bond donors (Lipinski definition) is 2. The quantitative estimate of drug-likeness (QED) is 0.482. The summed E-state index contributed by atoms with van der Waals surface area (Å²) in [5.41, 5.74) is 6.68. The largest absolute Gasteiger partial charge is 0.497 e. The molecule has 9 nitrogen and oxygen atoms in total. The summed E-state index contributed by atoms with van der Waals surface area (Å²) in [5.74, 6) is -0.757. The molecule has 0 spiro atoms. The van der Waals surface area contributed by atoms with Gasteiger partial charge in [0.2, 0.25) is 5.91 Å². The van der Waals surface area contributed by atoms with Crippen molar-refractivity contribution in [3.8, 4) is 11.5 Å². The number of benzene rings is 3. The molecule has 2 amide bonds. The number of nitrogens with one attached hydrogen (secondary N) is 1. The molecule has 0 aromatic heterocycles. The summed E-state index contributed by atoms with van der Waals surface area (Å²) in [5, 5.41) is 2.57. The minimum Gasteiger partial charge on any atom is -0.497 e. The number of sulfonamides is 1. The van der Waals surface area contributed by atoms with Gasteiger partial charge >= 0.3 is 0 Å². The lowest BCUT2D eigenvalue weighted by Gasteiger charge is -2.26. The van der Waals surface area contributed by atoms with Crippen LogP contribution in [0.3, 0.4) is 0 Å². The van der Waals surface area contributed by atoms with E-state index in [0.717, 1.165) is 9.87 Å². The first kappa shape index (κ1) is 24.6. The fourth-order valence-corrected chi connectivity index (χ4v) is 4.69. The van der Waals surface area contributed by atoms with Crippen molar-refractivity contribution < 1.29 is 27.5 Å². The number of nitrogens with zero attached hydrogens (tertiary/aromatic N) is 1. The van der Waals surface area contributed by atoms with Gasteiger partial charge in [0.15, 0.2) is 0 Å². The fraction of sp³-hybridized carbons (Fsp3) is 0.167. The highest BCUT2D eigenvalue weighted by atomic mass is 32.2. The van der Waals surface area contributed by atoms with E-state index in [4.69, 9.17) is 15.2 Å². The number of aryl methyl sites for hydroxylation is 1. The van der Waals surface area contributed by atoms with Gasteiger partial charge in [0.05, 0.1) is 36.1 Å². The number of ether oxygens (including phenoxy) is 2. The smallest absolute Gasteiger partial charge is 0.264 e. The van der Waals surface area contributed by atoms with Crippen LogP contribution >= 0.6 is 0 Å². The van der Waals surface area contributed by atoms with E-state index in [0.29, 0.717) is 5.75 Å². The molecule has 0 atom stereocenters. The van der Waals surface area contributed by atoms with Crippen LogP contribution in [-0.4, -0.2) is 41.0 Å². The van der Waals surface area contributed by atoms with E-state index >= 15 is 0 Å². The molecule has 3 aromatic rings. The third-order valence-electron chi connectivity index (χ3n) is 5.02. The fourth-order valence-electron chi connectivity index (χ4n) is 3.26. The normalized spacial score (nSPS) is 10.9. The Morgan fingerprint density at radius 1 is 0.971 bits per heavy atom. The molecule has 178 valence electrons. The van der Waals surface area contributed by atoms with Crippen LogP contribution in [0, 0.1) is 6.92 Å². The third kappa shape index (κ3) is 5.29. The van der Waals surface area contributed by atoms with Crippen molar-refractivity contribution in [2.45, 2.75) is 11.8 Å². The molecule has 0 saturated heterocycles. The molecule has 3 N–H and O–H groups in total. The highest BCUT2D eigenvalue weighted by Crippen LogP contribution is 2.35. The Bertz CT molecular complexity index is 1310. The SMILES string of the molecule is COc1ccc(N(CC(=O)Nc2ccccc2C(N)=O)S(=O)(=O)c2ccc(C)cc2)c(OC)c1. The van der Waals surface area contributed by atoms with E-state index < -0.39 is 28.4 Å². The maximum Gasteiger partial charge on any atom is 0.264 e. The standard InChI is InChI=1S/C24H25N3O6S/c1-16-8-11-18(12-9-16)34(30,31)27(21-13-10-17(32-2)14-22(21)33-3)15-23(28)26-20-7-5-4-6-19(20)24(25)29/h4-14H,15H2,1-3H3,(H2,25,29)(H,26,28). The van der Waals surface area contributed by atoms with Gasteiger partial charge in [-0.15, -0.1) is 0 Å². The van der Waals surface area contributed by atoms with E-state index in [-0.39, 0.29) is 27.6 Å². The molecule has 0 aliphatic rings. The zero-order valence-corrected chi connectivity index (χ0v) is 19.8. The van der Waals surface area contributed by atoms with Crippen LogP contribution in [0.1, 0.15) is 15.9 Å². The van der Waals surface area contributed by atoms with Gasteiger partial charge in [-0.05, 0) is 43.3 Å². The first-order valence-electron chi connectivity index (χ1n) is 10.2. The molecular weight excluding hydrogens is 458 g/mol. The molecule has 34 heavy (non-hydrogen) atoms. The molecule has 0 aliphatic carbocycles. The number of carbonyl (C=O) groups excluding carboxylic acids is 2. The van der Waals surface area contributed by atoms with Gasteiger partial charge in [-0.25, -0.2) is 8.42 Å². The molecule has 0 saturated carbocycles. The summed E-state index contributed by atoms with van der Waals surface area (Å²) in [6, 6.07) is 17.0. The number of nitrogens with two attached hydrogens (primary N) is 1. The molecule has 10 heteroatoms. The topological polar surface area (TPSA) is 128 Å². The van der Waals surface area contributed by atoms with Gasteiger partial charge in [-0.2, -0.15) is 0 Å². The van der Waals surface area contributed by atoms with Gasteiger partial charge < -0.3 is 20.5 Å². The number of rotatable bonds is 9. The molecule has 3 rings (SSSR count). The molecule has 0 fully saturated rings. The highest BCUT2D eigenvalue weighted by Gasteiger charge is 2.30. The molecule has 0 radical (unpaired) electrons. The summed E-state index contributed by atoms with van der Waals surface area (Å²) < 4.78 is 38.8. The molecular formula is C24H25N3O6S. The zero-order chi connectivity index (χ0) is 24.9. The number of primary amides is 1. The van der Waals surface area contributed by atoms with Crippen LogP contribution in [-0.2, 0) is 14.8 Å². The minimum atomic E-state index is -4.18. The lowest BCUT2D eigenvalue weighted by molar-refractivity contribution is -0.114. The zero-order valence-electron chi connectivity index (χ0n) is 18.9. The third-order valence-corrected chi connectivity index (χ3v) is 6.79. The lowest BCUT2D eigenvalue weighted by Crippen LogP contribution is -2.38. The van der Waals surface area contributed by atoms with E-state index in [1.165, 1.54) is 50.6 Å². The van der Waals surface area contributed by atoms with Gasteiger partial charge in [-0.3, -0.25) is 13.9 Å². The maximum absolute atomic E-state index is 13.6. The van der Waals surface area contributed by atoms with Crippen molar-refractivity contribution in [1.29, 1.82) is 0 Å². The van der Waals surface area contributed by atoms with Crippen molar-refractivity contribution in [2.75, 3.05) is 30.4 Å². The average molecular weight is 484 g/mol. The van der Waals surface area contributed by atoms with Gasteiger partial charge in [0.25, 0.3) is 15.9 Å². The second kappa shape index (κ2) is 10.3. The monoisotopic (exact) mass is 483 g/mol. The maximum atomic E-state index is 13.6. The number of amides is 2. The molecule has 0 bridgehead atoms. The lowest BCUT2D eigenvalue weighted by atomic mass is 10.1. The summed E-state index contributed by atoms with van der Waals surface area (Å²) in [6.45, 7) is 1.25. The predicted octanol–water partition coefficient (Wildman–Crippen LogP) is 2.95. The van der Waals surface area contributed by atoms with Crippen molar-refractivity contribution >= 4 is 33.2 Å². The molecule has 3 aromatic carbocycles. The summed E-state index contributed by atoms with van der Waals surface area (Å²) in [4.78, 5) is 24.7. The number of carbonyl (C=O) groups is 2. The summed E-state index contributed by atoms with van der Waals surface area (Å²) in [6.07, 6.45) is 0. The van der Waals surface area contributed by atoms with Crippen molar-refractivity contribution in [3.63, 3.8) is 0 Å². The molecule has 0 unspecified atom stereocenters. The van der Waals surface area contributed by atoms with Crippen LogP contribution in [0.5, 0.6) is 11.5 Å². The highest BCUT2D eigenvalue weighted by molar-refractivity contribution is 7.92. The van der Waals surface area contributed by atoms with E-state index in [2.05, 4.69) is 5.32 Å². The second-order valence-electron chi connectivity index (χ2n) is 7.32. The van der Waals surface area contributed by atoms with Gasteiger partial charge in [-0.1, -0.05) is 29.8 Å². The first-order chi connectivity index (χ1) is 16.2. The Morgan fingerprint density at radius 3 is 2.26 bits per heavy atom. The molecule has 0 aliphatic heterocycles. The van der Waals surface area contributed by atoms with E-state index in [1.54, 1.807) is 30.3 Å². The van der Waals surface area contributed by atoms with Crippen LogP contribution in [0.25, 0.3) is 0 Å². The van der Waals surface area contributed by atoms with Crippen LogP contribution in [0.15, 0.2) is 71.6 Å². The van der Waals surface area contributed by atoms with Crippen LogP contribution in [0.2, 0.25) is 0 Å².